The predicted octanol–water partition coefficient (Wildman–Crippen LogP) is 2.61. The Kier molecular flexibility index (Phi) is 2.57. The molecule has 1 aromatic rings. The number of rotatable bonds is 3. The quantitative estimate of drug-likeness (QED) is 0.694. The van der Waals surface area contributed by atoms with Gasteiger partial charge < -0.3 is 9.15 Å². The van der Waals surface area contributed by atoms with Gasteiger partial charge in [-0.15, -0.1) is 0 Å². The van der Waals surface area contributed by atoms with Crippen molar-refractivity contribution in [3.8, 4) is 0 Å². The van der Waals surface area contributed by atoms with Crippen LogP contribution in [0.1, 0.15) is 43.4 Å². The first-order valence-electron chi connectivity index (χ1n) is 5.05. The second-order valence-corrected chi connectivity index (χ2v) is 3.62. The van der Waals surface area contributed by atoms with E-state index in [0.717, 1.165) is 24.8 Å². The minimum Gasteiger partial charge on any atom is -0.472 e. The summed E-state index contributed by atoms with van der Waals surface area (Å²) in [7, 11) is 0. The van der Waals surface area contributed by atoms with Crippen LogP contribution in [-0.2, 0) is 16.0 Å². The van der Waals surface area contributed by atoms with E-state index in [1.165, 1.54) is 5.56 Å². The van der Waals surface area contributed by atoms with Crippen LogP contribution in [0.2, 0.25) is 0 Å². The third-order valence-corrected chi connectivity index (χ3v) is 2.53. The van der Waals surface area contributed by atoms with Gasteiger partial charge in [-0.25, -0.2) is 0 Å². The maximum Gasteiger partial charge on any atom is 0.306 e. The maximum absolute atomic E-state index is 11.0. The molecule has 0 aromatic carbocycles. The zero-order chi connectivity index (χ0) is 9.97. The predicted molar refractivity (Wildman–Crippen MR) is 50.8 cm³/mol. The van der Waals surface area contributed by atoms with Crippen LogP contribution in [-0.4, -0.2) is 5.97 Å². The Labute approximate surface area is 83.0 Å². The number of carbonyl (C=O) groups excluding carboxylic acids is 1. The molecule has 0 unspecified atom stereocenters. The lowest BCUT2D eigenvalue weighted by Gasteiger charge is -2.08. The molecule has 76 valence electrons. The Morgan fingerprint density at radius 3 is 3.00 bits per heavy atom. The topological polar surface area (TPSA) is 39.4 Å². The van der Waals surface area contributed by atoms with Crippen LogP contribution in [0, 0.1) is 0 Å². The highest BCUT2D eigenvalue weighted by molar-refractivity contribution is 5.71. The number of esters is 1. The Morgan fingerprint density at radius 1 is 1.50 bits per heavy atom. The summed E-state index contributed by atoms with van der Waals surface area (Å²) < 4.78 is 10.3. The summed E-state index contributed by atoms with van der Waals surface area (Å²) in [6, 6.07) is 0. The van der Waals surface area contributed by atoms with Crippen molar-refractivity contribution in [1.82, 2.24) is 0 Å². The number of furan rings is 1. The summed E-state index contributed by atoms with van der Waals surface area (Å²) in [5.74, 6) is -0.0985. The van der Waals surface area contributed by atoms with Crippen LogP contribution in [0.25, 0.3) is 0 Å². The normalized spacial score (nSPS) is 21.2. The monoisotopic (exact) mass is 194 g/mol. The molecular weight excluding hydrogens is 180 g/mol. The van der Waals surface area contributed by atoms with Gasteiger partial charge in [0.1, 0.15) is 6.10 Å². The largest absolute Gasteiger partial charge is 0.472 e. The molecular formula is C11H14O3. The van der Waals surface area contributed by atoms with E-state index < -0.39 is 0 Å². The van der Waals surface area contributed by atoms with Crippen molar-refractivity contribution in [1.29, 1.82) is 0 Å². The molecule has 2 rings (SSSR count). The third-order valence-electron chi connectivity index (χ3n) is 2.53. The Hall–Kier alpha value is -1.25. The first-order chi connectivity index (χ1) is 6.81. The lowest BCUT2D eigenvalue weighted by atomic mass is 10.0. The summed E-state index contributed by atoms with van der Waals surface area (Å²) in [5.41, 5.74) is 2.23. The van der Waals surface area contributed by atoms with Crippen LogP contribution in [0.5, 0.6) is 0 Å². The summed E-state index contributed by atoms with van der Waals surface area (Å²) in [5, 5.41) is 0. The number of ether oxygens (including phenoxy) is 1. The van der Waals surface area contributed by atoms with E-state index in [1.54, 1.807) is 12.5 Å². The fraction of sp³-hybridized carbons (Fsp3) is 0.545. The summed E-state index contributed by atoms with van der Waals surface area (Å²) >= 11 is 0. The zero-order valence-corrected chi connectivity index (χ0v) is 8.29. The van der Waals surface area contributed by atoms with Crippen molar-refractivity contribution < 1.29 is 13.9 Å². The van der Waals surface area contributed by atoms with Gasteiger partial charge in [-0.05, 0) is 18.4 Å². The number of cyclic esters (lactones) is 1. The van der Waals surface area contributed by atoms with Gasteiger partial charge in [-0.1, -0.05) is 13.3 Å². The van der Waals surface area contributed by atoms with Crippen LogP contribution in [0.3, 0.4) is 0 Å². The molecule has 0 radical (unpaired) electrons. The van der Waals surface area contributed by atoms with Crippen molar-refractivity contribution in [2.75, 3.05) is 0 Å². The summed E-state index contributed by atoms with van der Waals surface area (Å²) in [6.45, 7) is 2.12. The highest BCUT2D eigenvalue weighted by atomic mass is 16.5. The van der Waals surface area contributed by atoms with Crippen LogP contribution >= 0.6 is 0 Å². The average Bonchev–Trinajstić information content (AvgIpc) is 2.74. The molecule has 0 saturated carbocycles. The van der Waals surface area contributed by atoms with E-state index in [1.807, 2.05) is 0 Å². The molecule has 1 aliphatic rings. The molecule has 0 N–H and O–H groups in total. The van der Waals surface area contributed by atoms with E-state index in [9.17, 15) is 4.79 Å². The number of aryl methyl sites for hydroxylation is 1. The first kappa shape index (κ1) is 9.31. The SMILES string of the molecule is CCCc1cocc1[C@@H]1CCC(=O)O1. The molecule has 0 spiro atoms. The smallest absolute Gasteiger partial charge is 0.306 e. The van der Waals surface area contributed by atoms with Gasteiger partial charge in [0.2, 0.25) is 0 Å². The number of hydrogen-bond donors (Lipinski definition) is 0. The van der Waals surface area contributed by atoms with Gasteiger partial charge in [0.25, 0.3) is 0 Å². The van der Waals surface area contributed by atoms with E-state index in [4.69, 9.17) is 9.15 Å². The minimum atomic E-state index is -0.0985. The third kappa shape index (κ3) is 1.67. The highest BCUT2D eigenvalue weighted by Crippen LogP contribution is 2.32. The van der Waals surface area contributed by atoms with Crippen LogP contribution < -0.4 is 0 Å². The second-order valence-electron chi connectivity index (χ2n) is 3.62. The van der Waals surface area contributed by atoms with Crippen molar-refractivity contribution in [2.45, 2.75) is 38.7 Å². The highest BCUT2D eigenvalue weighted by Gasteiger charge is 2.27. The average molecular weight is 194 g/mol. The molecule has 0 aliphatic carbocycles. The molecule has 0 bridgehead atoms. The van der Waals surface area contributed by atoms with Crippen molar-refractivity contribution in [3.63, 3.8) is 0 Å². The van der Waals surface area contributed by atoms with Gasteiger partial charge in [-0.2, -0.15) is 0 Å². The zero-order valence-electron chi connectivity index (χ0n) is 8.29. The molecule has 3 nitrogen and oxygen atoms in total. The van der Waals surface area contributed by atoms with E-state index in [2.05, 4.69) is 6.92 Å². The van der Waals surface area contributed by atoms with Crippen molar-refractivity contribution >= 4 is 5.97 Å². The molecule has 3 heteroatoms. The van der Waals surface area contributed by atoms with E-state index in [-0.39, 0.29) is 12.1 Å². The van der Waals surface area contributed by atoms with Gasteiger partial charge in [0.05, 0.1) is 12.5 Å². The molecule has 1 saturated heterocycles. The van der Waals surface area contributed by atoms with Gasteiger partial charge >= 0.3 is 5.97 Å². The Balaban J connectivity index is 2.14. The van der Waals surface area contributed by atoms with E-state index >= 15 is 0 Å². The fourth-order valence-corrected chi connectivity index (χ4v) is 1.83. The minimum absolute atomic E-state index is 0.0669. The molecule has 1 atom stereocenters. The molecule has 14 heavy (non-hydrogen) atoms. The molecule has 1 aliphatic heterocycles. The Bertz CT molecular complexity index is 327. The van der Waals surface area contributed by atoms with Crippen molar-refractivity contribution in [3.05, 3.63) is 23.7 Å². The van der Waals surface area contributed by atoms with Crippen LogP contribution in [0.4, 0.5) is 0 Å². The number of hydrogen-bond acceptors (Lipinski definition) is 3. The Morgan fingerprint density at radius 2 is 2.36 bits per heavy atom. The standard InChI is InChI=1S/C11H14O3/c1-2-3-8-6-13-7-9(8)10-4-5-11(12)14-10/h6-7,10H,2-5H2,1H3/t10-/m0/s1. The molecule has 0 amide bonds. The first-order valence-corrected chi connectivity index (χ1v) is 5.05. The molecule has 1 fully saturated rings. The van der Waals surface area contributed by atoms with E-state index in [0.29, 0.717) is 6.42 Å². The molecule has 2 heterocycles. The summed E-state index contributed by atoms with van der Waals surface area (Å²) in [6.07, 6.45) is 6.77. The van der Waals surface area contributed by atoms with Crippen LogP contribution in [0.15, 0.2) is 16.9 Å². The van der Waals surface area contributed by atoms with Crippen molar-refractivity contribution in [2.24, 2.45) is 0 Å². The lowest BCUT2D eigenvalue weighted by Crippen LogP contribution is -2.00. The molecule has 1 aromatic heterocycles. The number of carbonyl (C=O) groups is 1. The second kappa shape index (κ2) is 3.86. The lowest BCUT2D eigenvalue weighted by molar-refractivity contribution is -0.141. The maximum atomic E-state index is 11.0. The fourth-order valence-electron chi connectivity index (χ4n) is 1.83. The van der Waals surface area contributed by atoms with Gasteiger partial charge in [0.15, 0.2) is 0 Å². The summed E-state index contributed by atoms with van der Waals surface area (Å²) in [4.78, 5) is 11.0. The van der Waals surface area contributed by atoms with Gasteiger partial charge in [0, 0.05) is 12.0 Å². The van der Waals surface area contributed by atoms with Gasteiger partial charge in [-0.3, -0.25) is 4.79 Å².